The second-order valence-electron chi connectivity index (χ2n) is 5.06. The largest absolute Gasteiger partial charge is 0.321 e. The number of anilines is 1. The van der Waals surface area contributed by atoms with Crippen molar-refractivity contribution < 1.29 is 8.42 Å². The number of nitrogen functional groups attached to an aromatic ring is 1. The molecule has 0 bridgehead atoms. The fraction of sp³-hybridized carbons (Fsp3) is 0.583. The highest BCUT2D eigenvalue weighted by Gasteiger charge is 2.30. The molecule has 0 aliphatic rings. The molecule has 1 rings (SSSR count). The Hall–Kier alpha value is -1.18. The van der Waals surface area contributed by atoms with Crippen molar-refractivity contribution in [2.75, 3.05) is 12.0 Å². The summed E-state index contributed by atoms with van der Waals surface area (Å²) in [5.74, 6) is 5.58. The first-order chi connectivity index (χ1) is 8.80. The van der Waals surface area contributed by atoms with Gasteiger partial charge in [0.15, 0.2) is 5.03 Å². The van der Waals surface area contributed by atoms with E-state index in [1.807, 2.05) is 27.7 Å². The number of hydrogen-bond acceptors (Lipinski definition) is 5. The van der Waals surface area contributed by atoms with Crippen LogP contribution in [0.1, 0.15) is 27.7 Å². The van der Waals surface area contributed by atoms with Crippen molar-refractivity contribution in [2.45, 2.75) is 38.8 Å². The number of nitrogens with one attached hydrogen (secondary N) is 1. The third-order valence-corrected chi connectivity index (χ3v) is 4.60. The first-order valence-corrected chi connectivity index (χ1v) is 7.68. The van der Waals surface area contributed by atoms with Gasteiger partial charge in [-0.2, -0.15) is 4.31 Å². The van der Waals surface area contributed by atoms with Crippen LogP contribution in [0.2, 0.25) is 0 Å². The topological polar surface area (TPSA) is 88.3 Å². The average molecular weight is 286 g/mol. The molecule has 0 saturated heterocycles. The highest BCUT2D eigenvalue weighted by atomic mass is 32.2. The highest BCUT2D eigenvalue weighted by Crippen LogP contribution is 2.23. The van der Waals surface area contributed by atoms with Crippen LogP contribution in [0.3, 0.4) is 0 Å². The molecule has 0 fully saturated rings. The number of hydrazine groups is 1. The summed E-state index contributed by atoms with van der Waals surface area (Å²) in [6, 6.07) is 3.09. The van der Waals surface area contributed by atoms with Crippen molar-refractivity contribution in [2.24, 2.45) is 11.8 Å². The van der Waals surface area contributed by atoms with E-state index >= 15 is 0 Å². The van der Waals surface area contributed by atoms with Gasteiger partial charge in [0.1, 0.15) is 0 Å². The summed E-state index contributed by atoms with van der Waals surface area (Å²) in [7, 11) is -3.66. The summed E-state index contributed by atoms with van der Waals surface area (Å²) < 4.78 is 26.8. The molecule has 6 nitrogen and oxygen atoms in total. The third-order valence-electron chi connectivity index (χ3n) is 2.60. The molecule has 108 valence electrons. The number of hydrogen-bond donors (Lipinski definition) is 2. The summed E-state index contributed by atoms with van der Waals surface area (Å²) in [6.45, 7) is 8.09. The van der Waals surface area contributed by atoms with Crippen molar-refractivity contribution in [3.63, 3.8) is 0 Å². The molecule has 7 heteroatoms. The lowest BCUT2D eigenvalue weighted by Crippen LogP contribution is -2.40. The maximum absolute atomic E-state index is 12.7. The second kappa shape index (κ2) is 6.31. The van der Waals surface area contributed by atoms with E-state index in [-0.39, 0.29) is 17.0 Å². The predicted octanol–water partition coefficient (Wildman–Crippen LogP) is 1.42. The monoisotopic (exact) mass is 286 g/mol. The molecule has 0 saturated carbocycles. The summed E-state index contributed by atoms with van der Waals surface area (Å²) in [5.41, 5.74) is 2.68. The molecule has 0 radical (unpaired) electrons. The van der Waals surface area contributed by atoms with E-state index < -0.39 is 10.0 Å². The van der Waals surface area contributed by atoms with Crippen LogP contribution in [0.25, 0.3) is 0 Å². The van der Waals surface area contributed by atoms with Crippen molar-refractivity contribution in [1.82, 2.24) is 9.29 Å². The molecule has 0 aromatic carbocycles. The SMILES string of the molecule is CC(C)CN(C(C)C)S(=O)(=O)c1ncccc1NN. The molecule has 0 aliphatic carbocycles. The number of pyridine rings is 1. The van der Waals surface area contributed by atoms with E-state index in [0.29, 0.717) is 12.2 Å². The fourth-order valence-corrected chi connectivity index (χ4v) is 3.63. The Kier molecular flexibility index (Phi) is 5.28. The van der Waals surface area contributed by atoms with Crippen molar-refractivity contribution in [3.05, 3.63) is 18.3 Å². The minimum absolute atomic E-state index is 0.0353. The van der Waals surface area contributed by atoms with Crippen LogP contribution in [-0.4, -0.2) is 30.3 Å². The Bertz CT molecular complexity index is 514. The van der Waals surface area contributed by atoms with Crippen LogP contribution in [0.15, 0.2) is 23.4 Å². The number of rotatable bonds is 6. The highest BCUT2D eigenvalue weighted by molar-refractivity contribution is 7.89. The van der Waals surface area contributed by atoms with Crippen LogP contribution in [-0.2, 0) is 10.0 Å². The lowest BCUT2D eigenvalue weighted by atomic mass is 10.2. The van der Waals surface area contributed by atoms with Gasteiger partial charge >= 0.3 is 0 Å². The van der Waals surface area contributed by atoms with Gasteiger partial charge in [-0.05, 0) is 31.9 Å². The van der Waals surface area contributed by atoms with Gasteiger partial charge in [-0.25, -0.2) is 13.4 Å². The Balaban J connectivity index is 3.27. The Morgan fingerprint density at radius 2 is 2.00 bits per heavy atom. The first-order valence-electron chi connectivity index (χ1n) is 6.24. The molecule has 0 amide bonds. The first kappa shape index (κ1) is 15.9. The fourth-order valence-electron chi connectivity index (χ4n) is 1.76. The van der Waals surface area contributed by atoms with Gasteiger partial charge in [0, 0.05) is 18.8 Å². The van der Waals surface area contributed by atoms with E-state index in [1.165, 1.54) is 10.5 Å². The number of nitrogens with two attached hydrogens (primary N) is 1. The average Bonchev–Trinajstić information content (AvgIpc) is 2.35. The Morgan fingerprint density at radius 1 is 1.37 bits per heavy atom. The van der Waals surface area contributed by atoms with E-state index in [9.17, 15) is 8.42 Å². The summed E-state index contributed by atoms with van der Waals surface area (Å²) in [4.78, 5) is 3.96. The molecule has 0 aliphatic heterocycles. The molecule has 0 spiro atoms. The summed E-state index contributed by atoms with van der Waals surface area (Å²) in [6.07, 6.45) is 1.45. The normalized spacial score (nSPS) is 12.4. The minimum Gasteiger partial charge on any atom is -0.321 e. The molecule has 1 heterocycles. The van der Waals surface area contributed by atoms with Crippen LogP contribution < -0.4 is 11.3 Å². The van der Waals surface area contributed by atoms with E-state index in [2.05, 4.69) is 10.4 Å². The molecule has 1 aromatic rings. The van der Waals surface area contributed by atoms with Crippen molar-refractivity contribution >= 4 is 15.7 Å². The van der Waals surface area contributed by atoms with Crippen LogP contribution in [0.4, 0.5) is 5.69 Å². The van der Waals surface area contributed by atoms with Gasteiger partial charge in [0.05, 0.1) is 5.69 Å². The van der Waals surface area contributed by atoms with E-state index in [4.69, 9.17) is 5.84 Å². The summed E-state index contributed by atoms with van der Waals surface area (Å²) in [5, 5.41) is -0.0353. The lowest BCUT2D eigenvalue weighted by Gasteiger charge is -2.27. The van der Waals surface area contributed by atoms with Gasteiger partial charge in [-0.1, -0.05) is 13.8 Å². The van der Waals surface area contributed by atoms with E-state index in [0.717, 1.165) is 0 Å². The van der Waals surface area contributed by atoms with Gasteiger partial charge in [-0.15, -0.1) is 0 Å². The summed E-state index contributed by atoms with van der Waals surface area (Å²) >= 11 is 0. The lowest BCUT2D eigenvalue weighted by molar-refractivity contribution is 0.318. The number of sulfonamides is 1. The zero-order chi connectivity index (χ0) is 14.6. The zero-order valence-electron chi connectivity index (χ0n) is 11.8. The van der Waals surface area contributed by atoms with Gasteiger partial charge in [0.25, 0.3) is 10.0 Å². The third kappa shape index (κ3) is 3.65. The second-order valence-corrected chi connectivity index (χ2v) is 6.87. The molecular formula is C12H22N4O2S. The Morgan fingerprint density at radius 3 is 2.47 bits per heavy atom. The zero-order valence-corrected chi connectivity index (χ0v) is 12.6. The Labute approximate surface area is 115 Å². The predicted molar refractivity (Wildman–Crippen MR) is 75.9 cm³/mol. The van der Waals surface area contributed by atoms with Crippen LogP contribution in [0.5, 0.6) is 0 Å². The maximum Gasteiger partial charge on any atom is 0.262 e. The van der Waals surface area contributed by atoms with E-state index in [1.54, 1.807) is 12.1 Å². The van der Waals surface area contributed by atoms with Crippen molar-refractivity contribution in [3.8, 4) is 0 Å². The van der Waals surface area contributed by atoms with Gasteiger partial charge < -0.3 is 5.43 Å². The molecule has 1 aromatic heterocycles. The maximum atomic E-state index is 12.7. The number of nitrogens with zero attached hydrogens (tertiary/aromatic N) is 2. The van der Waals surface area contributed by atoms with Crippen molar-refractivity contribution in [1.29, 1.82) is 0 Å². The van der Waals surface area contributed by atoms with Crippen LogP contribution >= 0.6 is 0 Å². The molecule has 3 N–H and O–H groups in total. The van der Waals surface area contributed by atoms with Crippen LogP contribution in [0, 0.1) is 5.92 Å². The van der Waals surface area contributed by atoms with Gasteiger partial charge in [-0.3, -0.25) is 5.84 Å². The van der Waals surface area contributed by atoms with Gasteiger partial charge in [0.2, 0.25) is 0 Å². The molecule has 0 unspecified atom stereocenters. The quantitative estimate of drug-likeness (QED) is 0.610. The minimum atomic E-state index is -3.66. The smallest absolute Gasteiger partial charge is 0.262 e. The molecular weight excluding hydrogens is 264 g/mol. The number of aromatic nitrogens is 1. The standard InChI is InChI=1S/C12H22N4O2S/c1-9(2)8-16(10(3)4)19(17,18)12-11(15-13)6-5-7-14-12/h5-7,9-10,15H,8,13H2,1-4H3. The molecule has 0 atom stereocenters. The molecule has 19 heavy (non-hydrogen) atoms.